The Bertz CT molecular complexity index is 393. The van der Waals surface area contributed by atoms with Crippen LogP contribution in [0.2, 0.25) is 0 Å². The summed E-state index contributed by atoms with van der Waals surface area (Å²) in [6.07, 6.45) is 4.00. The predicted octanol–water partition coefficient (Wildman–Crippen LogP) is 3.43. The Morgan fingerprint density at radius 2 is 2.00 bits per heavy atom. The van der Waals surface area contributed by atoms with E-state index in [1.54, 1.807) is 0 Å². The average molecular weight is 260 g/mol. The fourth-order valence-corrected chi connectivity index (χ4v) is 3.59. The zero-order chi connectivity index (χ0) is 13.8. The van der Waals surface area contributed by atoms with Gasteiger partial charge in [0.25, 0.3) is 0 Å². The van der Waals surface area contributed by atoms with Gasteiger partial charge in [-0.1, -0.05) is 31.5 Å². The summed E-state index contributed by atoms with van der Waals surface area (Å²) >= 11 is 0. The fraction of sp³-hybridized carbons (Fsp3) is 0.647. The van der Waals surface area contributed by atoms with Gasteiger partial charge in [0.15, 0.2) is 0 Å². The minimum absolute atomic E-state index is 0.406. The molecule has 1 saturated heterocycles. The summed E-state index contributed by atoms with van der Waals surface area (Å²) in [5, 5.41) is 0. The van der Waals surface area contributed by atoms with Crippen LogP contribution in [-0.2, 0) is 0 Å². The number of hydrogen-bond acceptors (Lipinski definition) is 2. The highest BCUT2D eigenvalue weighted by Gasteiger charge is 2.29. The molecule has 2 rings (SSSR count). The standard InChI is InChI=1S/C17H28N2/c1-4-6-15-9-10-19(12-15)16(11-18)17-13(2)7-5-8-14(17)3/h5,7-8,15-16H,4,6,9-12,18H2,1-3H3. The second-order valence-corrected chi connectivity index (χ2v) is 6.00. The van der Waals surface area contributed by atoms with Gasteiger partial charge in [-0.05, 0) is 55.8 Å². The van der Waals surface area contributed by atoms with Crippen molar-refractivity contribution in [3.63, 3.8) is 0 Å². The lowest BCUT2D eigenvalue weighted by molar-refractivity contribution is 0.238. The van der Waals surface area contributed by atoms with E-state index in [0.717, 1.165) is 12.5 Å². The lowest BCUT2D eigenvalue weighted by atomic mass is 9.95. The van der Waals surface area contributed by atoms with Gasteiger partial charge >= 0.3 is 0 Å². The summed E-state index contributed by atoms with van der Waals surface area (Å²) in [5.41, 5.74) is 10.3. The highest BCUT2D eigenvalue weighted by Crippen LogP contribution is 2.32. The molecule has 0 amide bonds. The summed E-state index contributed by atoms with van der Waals surface area (Å²) in [5.74, 6) is 0.878. The van der Waals surface area contributed by atoms with Gasteiger partial charge in [-0.2, -0.15) is 0 Å². The van der Waals surface area contributed by atoms with E-state index in [1.807, 2.05) is 0 Å². The molecule has 1 fully saturated rings. The first kappa shape index (κ1) is 14.5. The van der Waals surface area contributed by atoms with E-state index >= 15 is 0 Å². The van der Waals surface area contributed by atoms with Gasteiger partial charge in [0, 0.05) is 19.1 Å². The van der Waals surface area contributed by atoms with E-state index in [2.05, 4.69) is 43.9 Å². The molecule has 0 bridgehead atoms. The minimum Gasteiger partial charge on any atom is -0.329 e. The molecule has 106 valence electrons. The molecule has 1 aromatic rings. The van der Waals surface area contributed by atoms with Crippen molar-refractivity contribution >= 4 is 0 Å². The van der Waals surface area contributed by atoms with Crippen molar-refractivity contribution in [2.24, 2.45) is 11.7 Å². The second-order valence-electron chi connectivity index (χ2n) is 6.00. The molecule has 0 aromatic heterocycles. The Balaban J connectivity index is 2.17. The van der Waals surface area contributed by atoms with Gasteiger partial charge < -0.3 is 5.73 Å². The van der Waals surface area contributed by atoms with Gasteiger partial charge in [0.2, 0.25) is 0 Å². The van der Waals surface area contributed by atoms with Crippen LogP contribution in [0.15, 0.2) is 18.2 Å². The topological polar surface area (TPSA) is 29.3 Å². The van der Waals surface area contributed by atoms with Crippen molar-refractivity contribution in [1.29, 1.82) is 0 Å². The minimum atomic E-state index is 0.406. The van der Waals surface area contributed by atoms with Crippen LogP contribution in [0.4, 0.5) is 0 Å². The smallest absolute Gasteiger partial charge is 0.0475 e. The highest BCUT2D eigenvalue weighted by molar-refractivity contribution is 5.36. The molecular weight excluding hydrogens is 232 g/mol. The molecule has 19 heavy (non-hydrogen) atoms. The molecule has 1 heterocycles. The Hall–Kier alpha value is -0.860. The zero-order valence-corrected chi connectivity index (χ0v) is 12.7. The number of rotatable bonds is 5. The number of nitrogens with zero attached hydrogens (tertiary/aromatic N) is 1. The van der Waals surface area contributed by atoms with Crippen LogP contribution in [0.25, 0.3) is 0 Å². The summed E-state index contributed by atoms with van der Waals surface area (Å²) < 4.78 is 0. The van der Waals surface area contributed by atoms with E-state index in [1.165, 1.54) is 49.0 Å². The maximum atomic E-state index is 6.10. The molecule has 0 spiro atoms. The fourth-order valence-electron chi connectivity index (χ4n) is 3.59. The predicted molar refractivity (Wildman–Crippen MR) is 82.3 cm³/mol. The van der Waals surface area contributed by atoms with Crippen molar-refractivity contribution in [3.8, 4) is 0 Å². The summed E-state index contributed by atoms with van der Waals surface area (Å²) in [4.78, 5) is 2.61. The Morgan fingerprint density at radius 1 is 1.32 bits per heavy atom. The molecule has 0 saturated carbocycles. The van der Waals surface area contributed by atoms with E-state index in [0.29, 0.717) is 6.04 Å². The Morgan fingerprint density at radius 3 is 2.58 bits per heavy atom. The maximum Gasteiger partial charge on any atom is 0.0475 e. The van der Waals surface area contributed by atoms with Crippen LogP contribution in [-0.4, -0.2) is 24.5 Å². The SMILES string of the molecule is CCCC1CCN(C(CN)c2c(C)cccc2C)C1. The van der Waals surface area contributed by atoms with E-state index in [-0.39, 0.29) is 0 Å². The molecule has 1 aliphatic rings. The summed E-state index contributed by atoms with van der Waals surface area (Å²) in [6, 6.07) is 6.98. The molecule has 2 unspecified atom stereocenters. The van der Waals surface area contributed by atoms with Crippen molar-refractivity contribution in [1.82, 2.24) is 4.90 Å². The Kier molecular flexibility index (Phi) is 5.00. The number of aryl methyl sites for hydroxylation is 2. The van der Waals surface area contributed by atoms with Gasteiger partial charge in [-0.3, -0.25) is 4.90 Å². The molecule has 0 aliphatic carbocycles. The lowest BCUT2D eigenvalue weighted by Crippen LogP contribution is -2.33. The van der Waals surface area contributed by atoms with Gasteiger partial charge in [-0.15, -0.1) is 0 Å². The summed E-state index contributed by atoms with van der Waals surface area (Å²) in [7, 11) is 0. The molecule has 2 atom stereocenters. The van der Waals surface area contributed by atoms with Gasteiger partial charge in [-0.25, -0.2) is 0 Å². The molecule has 1 aliphatic heterocycles. The third-order valence-electron chi connectivity index (χ3n) is 4.55. The van der Waals surface area contributed by atoms with Crippen molar-refractivity contribution < 1.29 is 0 Å². The van der Waals surface area contributed by atoms with Crippen LogP contribution in [0.3, 0.4) is 0 Å². The van der Waals surface area contributed by atoms with Gasteiger partial charge in [0.1, 0.15) is 0 Å². The molecule has 2 N–H and O–H groups in total. The van der Waals surface area contributed by atoms with E-state index in [9.17, 15) is 0 Å². The molecule has 0 radical (unpaired) electrons. The third kappa shape index (κ3) is 3.18. The first-order chi connectivity index (χ1) is 9.17. The first-order valence-corrected chi connectivity index (χ1v) is 7.67. The Labute approximate surface area is 118 Å². The van der Waals surface area contributed by atoms with Crippen molar-refractivity contribution in [2.45, 2.75) is 46.1 Å². The van der Waals surface area contributed by atoms with Crippen LogP contribution in [0.5, 0.6) is 0 Å². The number of likely N-dealkylation sites (tertiary alicyclic amines) is 1. The van der Waals surface area contributed by atoms with Gasteiger partial charge in [0.05, 0.1) is 0 Å². The lowest BCUT2D eigenvalue weighted by Gasteiger charge is -2.29. The number of nitrogens with two attached hydrogens (primary N) is 1. The number of benzene rings is 1. The van der Waals surface area contributed by atoms with Crippen LogP contribution in [0.1, 0.15) is 48.9 Å². The molecular formula is C17H28N2. The second kappa shape index (κ2) is 6.53. The van der Waals surface area contributed by atoms with E-state index in [4.69, 9.17) is 5.73 Å². The van der Waals surface area contributed by atoms with Crippen LogP contribution >= 0.6 is 0 Å². The normalized spacial score (nSPS) is 21.8. The third-order valence-corrected chi connectivity index (χ3v) is 4.55. The van der Waals surface area contributed by atoms with Crippen molar-refractivity contribution in [2.75, 3.05) is 19.6 Å². The first-order valence-electron chi connectivity index (χ1n) is 7.67. The molecule has 2 heteroatoms. The maximum absolute atomic E-state index is 6.10. The zero-order valence-electron chi connectivity index (χ0n) is 12.7. The molecule has 1 aromatic carbocycles. The summed E-state index contributed by atoms with van der Waals surface area (Å²) in [6.45, 7) is 9.87. The average Bonchev–Trinajstić information content (AvgIpc) is 2.83. The molecule has 2 nitrogen and oxygen atoms in total. The van der Waals surface area contributed by atoms with Crippen LogP contribution in [0, 0.1) is 19.8 Å². The quantitative estimate of drug-likeness (QED) is 0.879. The largest absolute Gasteiger partial charge is 0.329 e. The monoisotopic (exact) mass is 260 g/mol. The van der Waals surface area contributed by atoms with Crippen LogP contribution < -0.4 is 5.73 Å². The highest BCUT2D eigenvalue weighted by atomic mass is 15.2. The van der Waals surface area contributed by atoms with E-state index < -0.39 is 0 Å². The van der Waals surface area contributed by atoms with Crippen molar-refractivity contribution in [3.05, 3.63) is 34.9 Å². The number of hydrogen-bond donors (Lipinski definition) is 1.